The molecule has 0 aliphatic carbocycles. The SMILES string of the molecule is COc1cc(CCN=C(N)N2CCC(C)CC2)ccc1F. The van der Waals surface area contributed by atoms with Crippen LogP contribution in [0, 0.1) is 11.7 Å². The Balaban J connectivity index is 1.86. The molecule has 1 aromatic rings. The molecule has 1 aliphatic rings. The van der Waals surface area contributed by atoms with Crippen LogP contribution in [0.2, 0.25) is 0 Å². The fourth-order valence-electron chi connectivity index (χ4n) is 2.50. The third-order valence-electron chi connectivity index (χ3n) is 4.00. The van der Waals surface area contributed by atoms with Gasteiger partial charge in [0.15, 0.2) is 17.5 Å². The molecule has 1 aliphatic heterocycles. The molecule has 21 heavy (non-hydrogen) atoms. The predicted molar refractivity (Wildman–Crippen MR) is 83.1 cm³/mol. The normalized spacial score (nSPS) is 17.1. The molecule has 0 aromatic heterocycles. The van der Waals surface area contributed by atoms with Crippen LogP contribution in [-0.2, 0) is 6.42 Å². The molecule has 2 rings (SSSR count). The van der Waals surface area contributed by atoms with Crippen molar-refractivity contribution in [1.29, 1.82) is 0 Å². The molecule has 0 saturated carbocycles. The van der Waals surface area contributed by atoms with Crippen molar-refractivity contribution >= 4 is 5.96 Å². The van der Waals surface area contributed by atoms with Crippen LogP contribution in [0.15, 0.2) is 23.2 Å². The molecule has 5 heteroatoms. The molecule has 0 spiro atoms. The highest BCUT2D eigenvalue weighted by Gasteiger charge is 2.16. The first-order valence-electron chi connectivity index (χ1n) is 7.47. The van der Waals surface area contributed by atoms with Crippen molar-refractivity contribution in [2.45, 2.75) is 26.2 Å². The van der Waals surface area contributed by atoms with E-state index in [9.17, 15) is 4.39 Å². The second-order valence-electron chi connectivity index (χ2n) is 5.63. The number of rotatable bonds is 4. The van der Waals surface area contributed by atoms with Gasteiger partial charge in [-0.25, -0.2) is 4.39 Å². The highest BCUT2D eigenvalue weighted by molar-refractivity contribution is 5.78. The number of guanidine groups is 1. The van der Waals surface area contributed by atoms with Gasteiger partial charge in [0.1, 0.15) is 0 Å². The number of likely N-dealkylation sites (tertiary alicyclic amines) is 1. The molecule has 0 atom stereocenters. The lowest BCUT2D eigenvalue weighted by molar-refractivity contribution is 0.277. The third-order valence-corrected chi connectivity index (χ3v) is 4.00. The monoisotopic (exact) mass is 293 g/mol. The van der Waals surface area contributed by atoms with Gasteiger partial charge in [0.25, 0.3) is 0 Å². The summed E-state index contributed by atoms with van der Waals surface area (Å²) in [6.45, 7) is 4.85. The number of aliphatic imine (C=N–C) groups is 1. The summed E-state index contributed by atoms with van der Waals surface area (Å²) < 4.78 is 18.3. The first-order chi connectivity index (χ1) is 10.1. The fourth-order valence-corrected chi connectivity index (χ4v) is 2.50. The van der Waals surface area contributed by atoms with Crippen molar-refractivity contribution in [2.75, 3.05) is 26.7 Å². The van der Waals surface area contributed by atoms with E-state index in [1.807, 2.05) is 0 Å². The van der Waals surface area contributed by atoms with E-state index in [2.05, 4.69) is 16.8 Å². The van der Waals surface area contributed by atoms with Crippen LogP contribution in [0.1, 0.15) is 25.3 Å². The van der Waals surface area contributed by atoms with Gasteiger partial charge in [-0.1, -0.05) is 13.0 Å². The van der Waals surface area contributed by atoms with Crippen LogP contribution in [0.3, 0.4) is 0 Å². The Kier molecular flexibility index (Phi) is 5.42. The largest absolute Gasteiger partial charge is 0.494 e. The summed E-state index contributed by atoms with van der Waals surface area (Å²) in [5.74, 6) is 1.33. The average molecular weight is 293 g/mol. The van der Waals surface area contributed by atoms with Crippen molar-refractivity contribution in [2.24, 2.45) is 16.6 Å². The van der Waals surface area contributed by atoms with Crippen LogP contribution in [0.4, 0.5) is 4.39 Å². The maximum atomic E-state index is 13.3. The highest BCUT2D eigenvalue weighted by Crippen LogP contribution is 2.18. The molecule has 116 valence electrons. The topological polar surface area (TPSA) is 50.9 Å². The molecule has 0 amide bonds. The van der Waals surface area contributed by atoms with Crippen molar-refractivity contribution in [3.63, 3.8) is 0 Å². The van der Waals surface area contributed by atoms with E-state index in [1.54, 1.807) is 12.1 Å². The van der Waals surface area contributed by atoms with E-state index in [0.717, 1.165) is 31.0 Å². The zero-order valence-corrected chi connectivity index (χ0v) is 12.8. The zero-order valence-electron chi connectivity index (χ0n) is 12.8. The van der Waals surface area contributed by atoms with Crippen LogP contribution >= 0.6 is 0 Å². The lowest BCUT2D eigenvalue weighted by Crippen LogP contribution is -2.42. The number of hydrogen-bond acceptors (Lipinski definition) is 2. The Morgan fingerprint density at radius 2 is 2.14 bits per heavy atom. The molecule has 0 radical (unpaired) electrons. The summed E-state index contributed by atoms with van der Waals surface area (Å²) in [7, 11) is 1.47. The average Bonchev–Trinajstić information content (AvgIpc) is 2.49. The van der Waals surface area contributed by atoms with Gasteiger partial charge in [-0.2, -0.15) is 0 Å². The van der Waals surface area contributed by atoms with Gasteiger partial charge in [0.05, 0.1) is 7.11 Å². The van der Waals surface area contributed by atoms with Crippen LogP contribution in [-0.4, -0.2) is 37.6 Å². The summed E-state index contributed by atoms with van der Waals surface area (Å²) in [6, 6.07) is 4.89. The predicted octanol–water partition coefficient (Wildman–Crippen LogP) is 2.42. The summed E-state index contributed by atoms with van der Waals surface area (Å²) in [5.41, 5.74) is 7.03. The van der Waals surface area contributed by atoms with Crippen LogP contribution < -0.4 is 10.5 Å². The lowest BCUT2D eigenvalue weighted by atomic mass is 10.00. The van der Waals surface area contributed by atoms with Crippen LogP contribution in [0.5, 0.6) is 5.75 Å². The molecule has 1 aromatic carbocycles. The van der Waals surface area contributed by atoms with Gasteiger partial charge >= 0.3 is 0 Å². The van der Waals surface area contributed by atoms with E-state index in [1.165, 1.54) is 26.0 Å². The summed E-state index contributed by atoms with van der Waals surface area (Å²) in [6.07, 6.45) is 3.07. The van der Waals surface area contributed by atoms with Crippen molar-refractivity contribution in [1.82, 2.24) is 4.90 Å². The number of nitrogens with zero attached hydrogens (tertiary/aromatic N) is 2. The molecule has 2 N–H and O–H groups in total. The van der Waals surface area contributed by atoms with E-state index < -0.39 is 0 Å². The first-order valence-corrected chi connectivity index (χ1v) is 7.47. The number of benzene rings is 1. The summed E-state index contributed by atoms with van der Waals surface area (Å²) >= 11 is 0. The number of methoxy groups -OCH3 is 1. The van der Waals surface area contributed by atoms with E-state index in [0.29, 0.717) is 12.5 Å². The summed E-state index contributed by atoms with van der Waals surface area (Å²) in [5, 5.41) is 0. The molecule has 4 nitrogen and oxygen atoms in total. The van der Waals surface area contributed by atoms with Gasteiger partial charge in [-0.15, -0.1) is 0 Å². The minimum absolute atomic E-state index is 0.273. The third kappa shape index (κ3) is 4.34. The Morgan fingerprint density at radius 3 is 2.81 bits per heavy atom. The number of piperidine rings is 1. The van der Waals surface area contributed by atoms with Crippen LogP contribution in [0.25, 0.3) is 0 Å². The van der Waals surface area contributed by atoms with Crippen molar-refractivity contribution in [3.05, 3.63) is 29.6 Å². The molecular formula is C16H24FN3O. The van der Waals surface area contributed by atoms with Crippen molar-refractivity contribution in [3.8, 4) is 5.75 Å². The van der Waals surface area contributed by atoms with E-state index in [4.69, 9.17) is 10.5 Å². The van der Waals surface area contributed by atoms with Gasteiger partial charge < -0.3 is 15.4 Å². The highest BCUT2D eigenvalue weighted by atomic mass is 19.1. The van der Waals surface area contributed by atoms with Crippen molar-refractivity contribution < 1.29 is 9.13 Å². The number of nitrogens with two attached hydrogens (primary N) is 1. The fraction of sp³-hybridized carbons (Fsp3) is 0.562. The Morgan fingerprint density at radius 1 is 1.43 bits per heavy atom. The molecule has 1 heterocycles. The summed E-state index contributed by atoms with van der Waals surface area (Å²) in [4.78, 5) is 6.58. The molecule has 1 saturated heterocycles. The molecule has 0 bridgehead atoms. The number of ether oxygens (including phenoxy) is 1. The molecule has 1 fully saturated rings. The molecule has 0 unspecified atom stereocenters. The maximum Gasteiger partial charge on any atom is 0.191 e. The van der Waals surface area contributed by atoms with Gasteiger partial charge in [-0.05, 0) is 42.9 Å². The van der Waals surface area contributed by atoms with E-state index >= 15 is 0 Å². The second-order valence-corrected chi connectivity index (χ2v) is 5.63. The minimum atomic E-state index is -0.341. The maximum absolute atomic E-state index is 13.3. The minimum Gasteiger partial charge on any atom is -0.494 e. The quantitative estimate of drug-likeness (QED) is 0.685. The smallest absolute Gasteiger partial charge is 0.191 e. The Bertz CT molecular complexity index is 496. The van der Waals surface area contributed by atoms with Gasteiger partial charge in [-0.3, -0.25) is 4.99 Å². The zero-order chi connectivity index (χ0) is 15.2. The Hall–Kier alpha value is -1.78. The number of halogens is 1. The lowest BCUT2D eigenvalue weighted by Gasteiger charge is -2.31. The first kappa shape index (κ1) is 15.6. The Labute approximate surface area is 125 Å². The van der Waals surface area contributed by atoms with E-state index in [-0.39, 0.29) is 11.6 Å². The standard InChI is InChI=1S/C16H24FN3O/c1-12-6-9-20(10-7-12)16(18)19-8-5-13-3-4-14(17)15(11-13)21-2/h3-4,11-12H,5-10H2,1-2H3,(H2,18,19). The van der Waals surface area contributed by atoms with Gasteiger partial charge in [0, 0.05) is 19.6 Å². The second kappa shape index (κ2) is 7.29. The number of hydrogen-bond donors (Lipinski definition) is 1. The molecular weight excluding hydrogens is 269 g/mol. The van der Waals surface area contributed by atoms with Gasteiger partial charge in [0.2, 0.25) is 0 Å².